The van der Waals surface area contributed by atoms with Crippen molar-refractivity contribution in [3.63, 3.8) is 0 Å². The zero-order valence-corrected chi connectivity index (χ0v) is 17.4. The predicted octanol–water partition coefficient (Wildman–Crippen LogP) is 4.28. The summed E-state index contributed by atoms with van der Waals surface area (Å²) in [5.74, 6) is 2.11. The second-order valence-corrected chi connectivity index (χ2v) is 10.6. The van der Waals surface area contributed by atoms with E-state index in [0.29, 0.717) is 35.5 Å². The van der Waals surface area contributed by atoms with E-state index in [0.717, 1.165) is 38.5 Å². The molecule has 4 aliphatic carbocycles. The van der Waals surface area contributed by atoms with Crippen LogP contribution in [0.15, 0.2) is 0 Å². The molecule has 0 amide bonds. The Morgan fingerprint density at radius 3 is 2.30 bits per heavy atom. The van der Waals surface area contributed by atoms with Crippen molar-refractivity contribution in [2.24, 2.45) is 34.5 Å². The van der Waals surface area contributed by atoms with Gasteiger partial charge in [0, 0.05) is 12.3 Å². The van der Waals surface area contributed by atoms with Crippen molar-refractivity contribution in [1.29, 1.82) is 0 Å². The van der Waals surface area contributed by atoms with Crippen LogP contribution >= 0.6 is 0 Å². The van der Waals surface area contributed by atoms with Crippen LogP contribution in [0.4, 0.5) is 0 Å². The number of hydrogen-bond acceptors (Lipinski definition) is 4. The fourth-order valence-electron chi connectivity index (χ4n) is 8.30. The van der Waals surface area contributed by atoms with Crippen LogP contribution in [0.2, 0.25) is 0 Å². The van der Waals surface area contributed by atoms with Gasteiger partial charge in [0.15, 0.2) is 11.4 Å². The molecule has 0 heterocycles. The quantitative estimate of drug-likeness (QED) is 0.731. The van der Waals surface area contributed by atoms with Gasteiger partial charge in [-0.3, -0.25) is 9.59 Å². The SMILES string of the molecule is CC(=O)OC1(C(C)=O)CCC2C3CCC4CC(O)CCC4(C)C3CCC21C. The van der Waals surface area contributed by atoms with Gasteiger partial charge in [0.05, 0.1) is 6.10 Å². The highest BCUT2D eigenvalue weighted by Gasteiger charge is 2.68. The van der Waals surface area contributed by atoms with Gasteiger partial charge in [-0.2, -0.15) is 0 Å². The molecule has 4 fully saturated rings. The van der Waals surface area contributed by atoms with E-state index < -0.39 is 5.60 Å². The predicted molar refractivity (Wildman–Crippen MR) is 103 cm³/mol. The van der Waals surface area contributed by atoms with Crippen LogP contribution in [-0.4, -0.2) is 28.6 Å². The maximum atomic E-state index is 12.7. The Kier molecular flexibility index (Phi) is 4.53. The first-order chi connectivity index (χ1) is 12.6. The molecule has 4 saturated carbocycles. The molecule has 8 unspecified atom stereocenters. The first-order valence-corrected chi connectivity index (χ1v) is 11.0. The Morgan fingerprint density at radius 1 is 0.926 bits per heavy atom. The summed E-state index contributed by atoms with van der Waals surface area (Å²) in [6.07, 6.45) is 9.08. The van der Waals surface area contributed by atoms with Crippen molar-refractivity contribution in [2.75, 3.05) is 0 Å². The van der Waals surface area contributed by atoms with Crippen LogP contribution in [-0.2, 0) is 14.3 Å². The van der Waals surface area contributed by atoms with Gasteiger partial charge >= 0.3 is 5.97 Å². The minimum atomic E-state index is -0.922. The Bertz CT molecular complexity index is 644. The standard InChI is InChI=1S/C23H36O4/c1-14(24)23(27-15(2)25)12-9-20-18-6-5-16-13-17(26)7-10-21(16,3)19(18)8-11-22(20,23)4/h16-20,26H,5-13H2,1-4H3. The Hall–Kier alpha value is -0.900. The maximum Gasteiger partial charge on any atom is 0.303 e. The zero-order valence-electron chi connectivity index (χ0n) is 17.4. The molecule has 0 saturated heterocycles. The fourth-order valence-corrected chi connectivity index (χ4v) is 8.30. The number of ketones is 1. The van der Waals surface area contributed by atoms with E-state index in [9.17, 15) is 14.7 Å². The first-order valence-electron chi connectivity index (χ1n) is 11.0. The second kappa shape index (κ2) is 6.30. The summed E-state index contributed by atoms with van der Waals surface area (Å²) in [4.78, 5) is 24.6. The minimum absolute atomic E-state index is 0.0295. The molecule has 1 N–H and O–H groups in total. The lowest BCUT2D eigenvalue weighted by Crippen LogP contribution is -2.59. The molecule has 0 aromatic rings. The van der Waals surface area contributed by atoms with Gasteiger partial charge in [-0.05, 0) is 93.8 Å². The molecule has 152 valence electrons. The van der Waals surface area contributed by atoms with Gasteiger partial charge in [0.1, 0.15) is 0 Å². The Morgan fingerprint density at radius 2 is 1.63 bits per heavy atom. The number of ether oxygens (including phenoxy) is 1. The largest absolute Gasteiger partial charge is 0.451 e. The third kappa shape index (κ3) is 2.58. The zero-order chi connectivity index (χ0) is 19.6. The number of aliphatic hydroxyl groups is 1. The van der Waals surface area contributed by atoms with Crippen LogP contribution < -0.4 is 0 Å². The summed E-state index contributed by atoms with van der Waals surface area (Å²) in [7, 11) is 0. The fraction of sp³-hybridized carbons (Fsp3) is 0.913. The second-order valence-electron chi connectivity index (χ2n) is 10.6. The Labute approximate surface area is 163 Å². The van der Waals surface area contributed by atoms with Gasteiger partial charge in [0.25, 0.3) is 0 Å². The van der Waals surface area contributed by atoms with Crippen LogP contribution in [0.3, 0.4) is 0 Å². The van der Waals surface area contributed by atoms with Gasteiger partial charge < -0.3 is 9.84 Å². The van der Waals surface area contributed by atoms with E-state index >= 15 is 0 Å². The molecule has 4 nitrogen and oxygen atoms in total. The molecule has 8 atom stereocenters. The summed E-state index contributed by atoms with van der Waals surface area (Å²) in [6.45, 7) is 7.75. The van der Waals surface area contributed by atoms with Crippen LogP contribution in [0, 0.1) is 34.5 Å². The van der Waals surface area contributed by atoms with E-state index in [1.54, 1.807) is 6.92 Å². The van der Waals surface area contributed by atoms with Crippen molar-refractivity contribution < 1.29 is 19.4 Å². The van der Waals surface area contributed by atoms with E-state index in [1.165, 1.54) is 19.8 Å². The average molecular weight is 377 g/mol. The summed E-state index contributed by atoms with van der Waals surface area (Å²) < 4.78 is 5.84. The van der Waals surface area contributed by atoms with E-state index in [-0.39, 0.29) is 23.3 Å². The van der Waals surface area contributed by atoms with Crippen LogP contribution in [0.1, 0.15) is 85.5 Å². The van der Waals surface area contributed by atoms with Gasteiger partial charge in [-0.1, -0.05) is 13.8 Å². The number of aliphatic hydroxyl groups excluding tert-OH is 1. The van der Waals surface area contributed by atoms with Gasteiger partial charge in [0.2, 0.25) is 0 Å². The molecule has 0 bridgehead atoms. The number of rotatable bonds is 2. The number of carbonyl (C=O) groups excluding carboxylic acids is 2. The maximum absolute atomic E-state index is 12.7. The smallest absolute Gasteiger partial charge is 0.303 e. The number of hydrogen-bond donors (Lipinski definition) is 1. The lowest BCUT2D eigenvalue weighted by Gasteiger charge is -2.61. The molecular weight excluding hydrogens is 340 g/mol. The molecule has 4 rings (SSSR count). The van der Waals surface area contributed by atoms with Crippen LogP contribution in [0.25, 0.3) is 0 Å². The molecule has 27 heavy (non-hydrogen) atoms. The lowest BCUT2D eigenvalue weighted by molar-refractivity contribution is -0.192. The van der Waals surface area contributed by atoms with Crippen molar-refractivity contribution in [3.8, 4) is 0 Å². The monoisotopic (exact) mass is 376 g/mol. The summed E-state index contributed by atoms with van der Waals surface area (Å²) in [6, 6.07) is 0. The molecule has 0 spiro atoms. The molecule has 0 aromatic heterocycles. The molecule has 4 heteroatoms. The molecule has 0 radical (unpaired) electrons. The summed E-state index contributed by atoms with van der Waals surface area (Å²) >= 11 is 0. The molecule has 4 aliphatic rings. The highest BCUT2D eigenvalue weighted by atomic mass is 16.6. The van der Waals surface area contributed by atoms with Crippen molar-refractivity contribution in [3.05, 3.63) is 0 Å². The highest BCUT2D eigenvalue weighted by molar-refractivity contribution is 5.89. The minimum Gasteiger partial charge on any atom is -0.451 e. The van der Waals surface area contributed by atoms with Crippen molar-refractivity contribution >= 4 is 11.8 Å². The molecule has 0 aromatic carbocycles. The van der Waals surface area contributed by atoms with Crippen LogP contribution in [0.5, 0.6) is 0 Å². The normalized spacial score (nSPS) is 51.7. The average Bonchev–Trinajstić information content (AvgIpc) is 2.89. The summed E-state index contributed by atoms with van der Waals surface area (Å²) in [5, 5.41) is 10.2. The number of fused-ring (bicyclic) bond motifs is 5. The van der Waals surface area contributed by atoms with E-state index in [4.69, 9.17) is 4.74 Å². The third-order valence-electron chi connectivity index (χ3n) is 9.64. The lowest BCUT2D eigenvalue weighted by atomic mass is 9.44. The number of carbonyl (C=O) groups is 2. The number of Topliss-reactive ketones (excluding diaryl/α,β-unsaturated/α-hetero) is 1. The van der Waals surface area contributed by atoms with E-state index in [1.807, 2.05) is 0 Å². The first kappa shape index (κ1) is 19.4. The van der Waals surface area contributed by atoms with Crippen molar-refractivity contribution in [2.45, 2.75) is 97.2 Å². The van der Waals surface area contributed by atoms with Gasteiger partial charge in [-0.15, -0.1) is 0 Å². The molecular formula is C23H36O4. The van der Waals surface area contributed by atoms with E-state index in [2.05, 4.69) is 13.8 Å². The van der Waals surface area contributed by atoms with Gasteiger partial charge in [-0.25, -0.2) is 0 Å². The third-order valence-corrected chi connectivity index (χ3v) is 9.64. The molecule has 0 aliphatic heterocycles. The Balaban J connectivity index is 1.66. The topological polar surface area (TPSA) is 63.6 Å². The summed E-state index contributed by atoms with van der Waals surface area (Å²) in [5.41, 5.74) is -0.829. The highest BCUT2D eigenvalue weighted by Crippen LogP contribution is 2.69. The number of esters is 1. The van der Waals surface area contributed by atoms with Crippen molar-refractivity contribution in [1.82, 2.24) is 0 Å².